The van der Waals surface area contributed by atoms with E-state index in [2.05, 4.69) is 42.8 Å². The Kier molecular flexibility index (Phi) is 9.45. The maximum atomic E-state index is 14.0. The number of nitrogens with zero attached hydrogens (tertiary/aromatic N) is 2. The van der Waals surface area contributed by atoms with Crippen molar-refractivity contribution in [3.63, 3.8) is 0 Å². The van der Waals surface area contributed by atoms with Gasteiger partial charge in [-0.1, -0.05) is 32.9 Å². The van der Waals surface area contributed by atoms with E-state index in [0.29, 0.717) is 23.3 Å². The molecule has 0 spiro atoms. The molecule has 3 fully saturated rings. The molecular weight excluding hydrogens is 646 g/mol. The highest BCUT2D eigenvalue weighted by molar-refractivity contribution is 9.10. The van der Waals surface area contributed by atoms with Gasteiger partial charge in [-0.05, 0) is 53.1 Å². The van der Waals surface area contributed by atoms with Crippen molar-refractivity contribution < 1.29 is 37.1 Å². The molecule has 2 saturated carbocycles. The highest BCUT2D eigenvalue weighted by Gasteiger charge is 2.62. The summed E-state index contributed by atoms with van der Waals surface area (Å²) in [7, 11) is -2.67. The minimum atomic E-state index is -3.85. The zero-order valence-electron chi connectivity index (χ0n) is 24.6. The molecule has 4 rings (SSSR count). The van der Waals surface area contributed by atoms with Crippen molar-refractivity contribution in [2.45, 2.75) is 69.3 Å². The third-order valence-corrected chi connectivity index (χ3v) is 10.2. The molecule has 5 unspecified atom stereocenters. The number of likely N-dealkylation sites (tertiary alicyclic amines) is 1. The number of halogens is 1. The van der Waals surface area contributed by atoms with Crippen LogP contribution >= 0.6 is 15.9 Å². The average Bonchev–Trinajstić information content (AvgIpc) is 3.86. The molecule has 2 heterocycles. The molecule has 0 aromatic carbocycles. The van der Waals surface area contributed by atoms with Crippen molar-refractivity contribution in [2.24, 2.45) is 17.3 Å². The van der Waals surface area contributed by atoms with Gasteiger partial charge in [0.05, 0.1) is 19.0 Å². The van der Waals surface area contributed by atoms with E-state index in [1.807, 2.05) is 0 Å². The topological polar surface area (TPSA) is 173 Å². The number of rotatable bonds is 11. The van der Waals surface area contributed by atoms with E-state index in [4.69, 9.17) is 9.47 Å². The van der Waals surface area contributed by atoms with Crippen LogP contribution in [0, 0.1) is 17.3 Å². The molecule has 15 heteroatoms. The van der Waals surface area contributed by atoms with Crippen LogP contribution in [0.3, 0.4) is 0 Å². The smallest absolute Gasteiger partial charge is 0.407 e. The number of ether oxygens (including phenoxy) is 2. The van der Waals surface area contributed by atoms with Gasteiger partial charge in [0.1, 0.15) is 22.2 Å². The number of aromatic nitrogens is 1. The van der Waals surface area contributed by atoms with E-state index in [1.54, 1.807) is 39.0 Å². The molecule has 1 saturated heterocycles. The summed E-state index contributed by atoms with van der Waals surface area (Å²) in [4.78, 5) is 58.8. The minimum Gasteiger partial charge on any atom is -0.477 e. The zero-order chi connectivity index (χ0) is 31.7. The number of nitrogens with one attached hydrogen (secondary N) is 3. The fourth-order valence-electron chi connectivity index (χ4n) is 5.22. The number of amides is 4. The minimum absolute atomic E-state index is 0.125. The summed E-state index contributed by atoms with van der Waals surface area (Å²) in [5.41, 5.74) is -2.25. The molecule has 5 atom stereocenters. The Morgan fingerprint density at radius 2 is 1.95 bits per heavy atom. The highest BCUT2D eigenvalue weighted by Crippen LogP contribution is 2.45. The quantitative estimate of drug-likeness (QED) is 0.232. The van der Waals surface area contributed by atoms with Gasteiger partial charge in [-0.3, -0.25) is 19.1 Å². The number of hydrogen-bond donors (Lipinski definition) is 3. The lowest BCUT2D eigenvalue weighted by Crippen LogP contribution is -2.60. The number of methoxy groups -OCH3 is 1. The molecule has 0 bridgehead atoms. The third-order valence-electron chi connectivity index (χ3n) is 7.94. The maximum absolute atomic E-state index is 14.0. The van der Waals surface area contributed by atoms with Crippen LogP contribution in [0.2, 0.25) is 0 Å². The van der Waals surface area contributed by atoms with Crippen molar-refractivity contribution in [3.8, 4) is 5.88 Å². The maximum Gasteiger partial charge on any atom is 0.407 e. The summed E-state index contributed by atoms with van der Waals surface area (Å²) in [5.74, 6) is -2.37. The molecule has 1 aromatic rings. The SMILES string of the molecule is C=CC1CC1(NC(=O)C1CC(COc2cccc(Br)n2)CN1C(=O)C(NC(=O)OC)C(C)(C)C)C(=O)NS(=O)(=O)C1CC1. The van der Waals surface area contributed by atoms with Crippen molar-refractivity contribution in [3.05, 3.63) is 35.5 Å². The fraction of sp³-hybridized carbons (Fsp3) is 0.607. The van der Waals surface area contributed by atoms with E-state index >= 15 is 0 Å². The van der Waals surface area contributed by atoms with Gasteiger partial charge >= 0.3 is 6.09 Å². The Bertz CT molecular complexity index is 1400. The van der Waals surface area contributed by atoms with Crippen molar-refractivity contribution in [2.75, 3.05) is 20.3 Å². The molecule has 3 N–H and O–H groups in total. The van der Waals surface area contributed by atoms with Crippen LogP contribution in [0.5, 0.6) is 5.88 Å². The molecule has 1 aliphatic heterocycles. The standard InChI is InChI=1S/C28H38BrN5O8S/c1-6-17-13-28(17,25(37)33-43(39,40)18-10-11-18)32-23(35)19-12-16(15-42-21-9-7-8-20(29)30-21)14-34(19)24(36)22(27(2,3)4)31-26(38)41-5/h6-9,16-19,22H,1,10-15H2,2-5H3,(H,31,38)(H,32,35)(H,33,37). The summed E-state index contributed by atoms with van der Waals surface area (Å²) in [6, 6.07) is 3.13. The number of carbonyl (C=O) groups is 4. The zero-order valence-corrected chi connectivity index (χ0v) is 27.0. The fourth-order valence-corrected chi connectivity index (χ4v) is 6.91. The lowest BCUT2D eigenvalue weighted by atomic mass is 9.85. The summed E-state index contributed by atoms with van der Waals surface area (Å²) >= 11 is 3.30. The van der Waals surface area contributed by atoms with E-state index in [0.717, 1.165) is 0 Å². The Morgan fingerprint density at radius 1 is 1.26 bits per heavy atom. The van der Waals surface area contributed by atoms with Crippen LogP contribution in [-0.2, 0) is 29.1 Å². The second-order valence-electron chi connectivity index (χ2n) is 12.3. The Labute approximate surface area is 259 Å². The first kappa shape index (κ1) is 32.7. The second kappa shape index (κ2) is 12.4. The van der Waals surface area contributed by atoms with Gasteiger partial charge in [0, 0.05) is 24.4 Å². The second-order valence-corrected chi connectivity index (χ2v) is 15.1. The van der Waals surface area contributed by atoms with Crippen LogP contribution in [0.15, 0.2) is 35.5 Å². The van der Waals surface area contributed by atoms with Crippen molar-refractivity contribution >= 4 is 49.8 Å². The van der Waals surface area contributed by atoms with Crippen LogP contribution in [-0.4, -0.2) is 85.3 Å². The highest BCUT2D eigenvalue weighted by atomic mass is 79.9. The first-order chi connectivity index (χ1) is 20.1. The Morgan fingerprint density at radius 3 is 2.51 bits per heavy atom. The predicted octanol–water partition coefficient (Wildman–Crippen LogP) is 1.88. The molecule has 43 heavy (non-hydrogen) atoms. The van der Waals surface area contributed by atoms with E-state index in [9.17, 15) is 27.6 Å². The van der Waals surface area contributed by atoms with Gasteiger partial charge in [-0.2, -0.15) is 0 Å². The van der Waals surface area contributed by atoms with Gasteiger partial charge in [-0.25, -0.2) is 18.2 Å². The summed E-state index contributed by atoms with van der Waals surface area (Å²) in [6.45, 7) is 9.31. The molecule has 4 amide bonds. The van der Waals surface area contributed by atoms with E-state index < -0.39 is 68.0 Å². The van der Waals surface area contributed by atoms with Gasteiger partial charge < -0.3 is 25.0 Å². The lowest BCUT2D eigenvalue weighted by molar-refractivity contribution is -0.142. The van der Waals surface area contributed by atoms with E-state index in [1.165, 1.54) is 18.1 Å². The molecule has 1 aromatic heterocycles. The molecule has 0 radical (unpaired) electrons. The number of pyridine rings is 1. The first-order valence-corrected chi connectivity index (χ1v) is 16.4. The largest absolute Gasteiger partial charge is 0.477 e. The Balaban J connectivity index is 1.57. The first-order valence-electron chi connectivity index (χ1n) is 14.0. The van der Waals surface area contributed by atoms with Gasteiger partial charge in [0.25, 0.3) is 5.91 Å². The molecule has 3 aliphatic rings. The number of hydrogen-bond acceptors (Lipinski definition) is 9. The van der Waals surface area contributed by atoms with Crippen LogP contribution < -0.4 is 20.1 Å². The van der Waals surface area contributed by atoms with Gasteiger partial charge in [-0.15, -0.1) is 6.58 Å². The monoisotopic (exact) mass is 683 g/mol. The molecular formula is C28H38BrN5O8S. The number of alkyl carbamates (subject to hydrolysis) is 1. The lowest BCUT2D eigenvalue weighted by Gasteiger charge is -2.35. The van der Waals surface area contributed by atoms with Gasteiger partial charge in [0.15, 0.2) is 0 Å². The van der Waals surface area contributed by atoms with Gasteiger partial charge in [0.2, 0.25) is 27.7 Å². The summed E-state index contributed by atoms with van der Waals surface area (Å²) in [6.07, 6.45) is 2.01. The predicted molar refractivity (Wildman–Crippen MR) is 159 cm³/mol. The molecule has 236 valence electrons. The average molecular weight is 685 g/mol. The van der Waals surface area contributed by atoms with E-state index in [-0.39, 0.29) is 31.9 Å². The normalized spacial score (nSPS) is 25.7. The summed E-state index contributed by atoms with van der Waals surface area (Å²) < 4.78 is 38.3. The molecule has 13 nitrogen and oxygen atoms in total. The number of carbonyl (C=O) groups excluding carboxylic acids is 4. The molecule has 2 aliphatic carbocycles. The van der Waals surface area contributed by atoms with Crippen molar-refractivity contribution in [1.82, 2.24) is 25.2 Å². The summed E-state index contributed by atoms with van der Waals surface area (Å²) in [5, 5.41) is 4.72. The van der Waals surface area contributed by atoms with Crippen LogP contribution in [0.1, 0.15) is 46.5 Å². The third kappa shape index (κ3) is 7.48. The number of sulfonamides is 1. The van der Waals surface area contributed by atoms with Crippen LogP contribution in [0.25, 0.3) is 0 Å². The van der Waals surface area contributed by atoms with Crippen molar-refractivity contribution in [1.29, 1.82) is 0 Å². The Hall–Kier alpha value is -3.20. The van der Waals surface area contributed by atoms with Crippen LogP contribution in [0.4, 0.5) is 4.79 Å².